The molecule has 5 nitrogen and oxygen atoms in total. The first-order chi connectivity index (χ1) is 10.6. The predicted molar refractivity (Wildman–Crippen MR) is 86.2 cm³/mol. The van der Waals surface area contributed by atoms with E-state index in [0.29, 0.717) is 17.4 Å². The van der Waals surface area contributed by atoms with E-state index in [9.17, 15) is 4.79 Å². The maximum Gasteiger partial charge on any atom is 0.272 e. The summed E-state index contributed by atoms with van der Waals surface area (Å²) in [5, 5.41) is 6.61. The van der Waals surface area contributed by atoms with Gasteiger partial charge < -0.3 is 10.6 Å². The lowest BCUT2D eigenvalue weighted by molar-refractivity contribution is 0.0607. The van der Waals surface area contributed by atoms with Gasteiger partial charge in [0.2, 0.25) is 0 Å². The summed E-state index contributed by atoms with van der Waals surface area (Å²) in [7, 11) is 0. The summed E-state index contributed by atoms with van der Waals surface area (Å²) >= 11 is 0. The number of benzene rings is 1. The van der Waals surface area contributed by atoms with Crippen LogP contribution < -0.4 is 5.73 Å². The minimum atomic E-state index is -0.0348. The number of carbonyl (C=O) groups excluding carboxylic acids is 1. The van der Waals surface area contributed by atoms with Gasteiger partial charge in [0.1, 0.15) is 11.5 Å². The molecule has 2 aromatic rings. The van der Waals surface area contributed by atoms with Crippen molar-refractivity contribution in [2.45, 2.75) is 32.2 Å². The minimum absolute atomic E-state index is 0.0267. The van der Waals surface area contributed by atoms with E-state index in [1.54, 1.807) is 6.07 Å². The van der Waals surface area contributed by atoms with E-state index in [0.717, 1.165) is 12.1 Å². The summed E-state index contributed by atoms with van der Waals surface area (Å²) in [4.78, 5) is 14.8. The van der Waals surface area contributed by atoms with Crippen molar-refractivity contribution in [2.24, 2.45) is 5.92 Å². The Morgan fingerprint density at radius 2 is 2.14 bits per heavy atom. The standard InChI is InChI=1S/C17H22N4O/c1-12(14-8-3-2-4-9-14)21(11-13-6-5-7-13)17(22)15-10-16(18)20-19-15/h2-4,8-10,12-13H,5-7,11H2,1H3,(H3,18,19,20). The Morgan fingerprint density at radius 1 is 1.41 bits per heavy atom. The average molecular weight is 298 g/mol. The van der Waals surface area contributed by atoms with Gasteiger partial charge in [0.05, 0.1) is 6.04 Å². The topological polar surface area (TPSA) is 75.0 Å². The third-order valence-corrected chi connectivity index (χ3v) is 4.52. The fourth-order valence-electron chi connectivity index (χ4n) is 2.88. The largest absolute Gasteiger partial charge is 0.382 e. The second-order valence-electron chi connectivity index (χ2n) is 6.05. The van der Waals surface area contributed by atoms with Crippen LogP contribution in [0.15, 0.2) is 36.4 Å². The van der Waals surface area contributed by atoms with E-state index in [1.807, 2.05) is 23.1 Å². The number of nitrogens with two attached hydrogens (primary N) is 1. The molecule has 3 rings (SSSR count). The highest BCUT2D eigenvalue weighted by molar-refractivity contribution is 5.93. The summed E-state index contributed by atoms with van der Waals surface area (Å²) in [6.45, 7) is 2.86. The smallest absolute Gasteiger partial charge is 0.272 e. The Hall–Kier alpha value is -2.30. The molecule has 22 heavy (non-hydrogen) atoms. The van der Waals surface area contributed by atoms with Crippen molar-refractivity contribution in [3.05, 3.63) is 47.7 Å². The Balaban J connectivity index is 1.84. The quantitative estimate of drug-likeness (QED) is 0.891. The number of H-pyrrole nitrogens is 1. The molecule has 1 unspecified atom stereocenters. The molecule has 1 heterocycles. The molecular weight excluding hydrogens is 276 g/mol. The van der Waals surface area contributed by atoms with Crippen molar-refractivity contribution in [2.75, 3.05) is 12.3 Å². The van der Waals surface area contributed by atoms with E-state index >= 15 is 0 Å². The Morgan fingerprint density at radius 3 is 2.68 bits per heavy atom. The third kappa shape index (κ3) is 2.98. The Labute approximate surface area is 130 Å². The maximum absolute atomic E-state index is 12.8. The molecule has 0 bridgehead atoms. The molecule has 1 aliphatic rings. The van der Waals surface area contributed by atoms with E-state index in [4.69, 9.17) is 5.73 Å². The summed E-state index contributed by atoms with van der Waals surface area (Å²) in [5.41, 5.74) is 7.23. The molecule has 0 saturated heterocycles. The Bertz CT molecular complexity index is 633. The molecule has 3 N–H and O–H groups in total. The summed E-state index contributed by atoms with van der Waals surface area (Å²) in [6, 6.07) is 11.8. The van der Waals surface area contributed by atoms with E-state index in [-0.39, 0.29) is 11.9 Å². The molecule has 1 fully saturated rings. The Kier molecular flexibility index (Phi) is 4.13. The summed E-state index contributed by atoms with van der Waals surface area (Å²) in [6.07, 6.45) is 3.68. The number of nitrogens with zero attached hydrogens (tertiary/aromatic N) is 2. The number of nitrogen functional groups attached to an aromatic ring is 1. The number of hydrogen-bond donors (Lipinski definition) is 2. The van der Waals surface area contributed by atoms with Crippen molar-refractivity contribution in [3.63, 3.8) is 0 Å². The van der Waals surface area contributed by atoms with Crippen LogP contribution in [0.5, 0.6) is 0 Å². The average Bonchev–Trinajstić information content (AvgIpc) is 2.93. The van der Waals surface area contributed by atoms with Crippen LogP contribution in [-0.2, 0) is 0 Å². The summed E-state index contributed by atoms with van der Waals surface area (Å²) < 4.78 is 0. The number of amides is 1. The normalized spacial score (nSPS) is 16.0. The zero-order valence-corrected chi connectivity index (χ0v) is 12.8. The molecule has 1 atom stereocenters. The molecule has 1 amide bonds. The molecular formula is C17H22N4O. The SMILES string of the molecule is CC(c1ccccc1)N(CC1CCC1)C(=O)c1cc(N)n[nH]1. The van der Waals surface area contributed by atoms with Gasteiger partial charge in [0.25, 0.3) is 5.91 Å². The van der Waals surface area contributed by atoms with Gasteiger partial charge in [-0.25, -0.2) is 0 Å². The van der Waals surface area contributed by atoms with Crippen LogP contribution in [0.1, 0.15) is 48.3 Å². The number of nitrogens with one attached hydrogen (secondary N) is 1. The van der Waals surface area contributed by atoms with Gasteiger partial charge in [-0.15, -0.1) is 0 Å². The lowest BCUT2D eigenvalue weighted by Crippen LogP contribution is -2.39. The number of rotatable bonds is 5. The predicted octanol–water partition coefficient (Wildman–Crippen LogP) is 3.00. The highest BCUT2D eigenvalue weighted by Crippen LogP contribution is 2.31. The zero-order chi connectivity index (χ0) is 15.5. The van der Waals surface area contributed by atoms with Crippen LogP contribution in [0.3, 0.4) is 0 Å². The van der Waals surface area contributed by atoms with Crippen LogP contribution in [-0.4, -0.2) is 27.5 Å². The van der Waals surface area contributed by atoms with Crippen LogP contribution in [0.4, 0.5) is 5.82 Å². The first-order valence-corrected chi connectivity index (χ1v) is 7.82. The zero-order valence-electron chi connectivity index (χ0n) is 12.8. The van der Waals surface area contributed by atoms with Crippen molar-refractivity contribution >= 4 is 11.7 Å². The van der Waals surface area contributed by atoms with Crippen LogP contribution in [0.25, 0.3) is 0 Å². The van der Waals surface area contributed by atoms with E-state index in [2.05, 4.69) is 29.3 Å². The van der Waals surface area contributed by atoms with Crippen LogP contribution >= 0.6 is 0 Å². The number of carbonyl (C=O) groups is 1. The number of aromatic amines is 1. The molecule has 1 aromatic carbocycles. The first kappa shape index (κ1) is 14.6. The molecule has 1 aliphatic carbocycles. The lowest BCUT2D eigenvalue weighted by Gasteiger charge is -2.36. The van der Waals surface area contributed by atoms with Gasteiger partial charge in [-0.05, 0) is 31.2 Å². The van der Waals surface area contributed by atoms with Crippen molar-refractivity contribution in [3.8, 4) is 0 Å². The molecule has 116 valence electrons. The van der Waals surface area contributed by atoms with Crippen LogP contribution in [0.2, 0.25) is 0 Å². The number of hydrogen-bond acceptors (Lipinski definition) is 3. The monoisotopic (exact) mass is 298 g/mol. The van der Waals surface area contributed by atoms with Gasteiger partial charge in [0.15, 0.2) is 0 Å². The van der Waals surface area contributed by atoms with Crippen molar-refractivity contribution in [1.82, 2.24) is 15.1 Å². The second kappa shape index (κ2) is 6.22. The molecule has 1 saturated carbocycles. The lowest BCUT2D eigenvalue weighted by atomic mass is 9.84. The van der Waals surface area contributed by atoms with E-state index in [1.165, 1.54) is 19.3 Å². The van der Waals surface area contributed by atoms with E-state index < -0.39 is 0 Å². The van der Waals surface area contributed by atoms with Crippen molar-refractivity contribution < 1.29 is 4.79 Å². The first-order valence-electron chi connectivity index (χ1n) is 7.82. The van der Waals surface area contributed by atoms with Crippen LogP contribution in [0, 0.1) is 5.92 Å². The second-order valence-corrected chi connectivity index (χ2v) is 6.05. The minimum Gasteiger partial charge on any atom is -0.382 e. The van der Waals surface area contributed by atoms with Crippen molar-refractivity contribution in [1.29, 1.82) is 0 Å². The molecule has 0 radical (unpaired) electrons. The highest BCUT2D eigenvalue weighted by atomic mass is 16.2. The molecule has 0 aliphatic heterocycles. The molecule has 5 heteroatoms. The molecule has 0 spiro atoms. The fraction of sp³-hybridized carbons (Fsp3) is 0.412. The molecule has 1 aromatic heterocycles. The van der Waals surface area contributed by atoms with Gasteiger partial charge in [-0.2, -0.15) is 5.10 Å². The van der Waals surface area contributed by atoms with Gasteiger partial charge in [0, 0.05) is 12.6 Å². The fourth-order valence-corrected chi connectivity index (χ4v) is 2.88. The van der Waals surface area contributed by atoms with Gasteiger partial charge in [-0.1, -0.05) is 36.8 Å². The highest BCUT2D eigenvalue weighted by Gasteiger charge is 2.29. The summed E-state index contributed by atoms with van der Waals surface area (Å²) in [5.74, 6) is 0.919. The number of aromatic nitrogens is 2. The number of anilines is 1. The third-order valence-electron chi connectivity index (χ3n) is 4.52. The van der Waals surface area contributed by atoms with Gasteiger partial charge >= 0.3 is 0 Å². The van der Waals surface area contributed by atoms with Gasteiger partial charge in [-0.3, -0.25) is 9.89 Å². The maximum atomic E-state index is 12.8.